The first-order chi connectivity index (χ1) is 15.8. The standard InChI is InChI=1S/C22H19F3N6OS/c1-3-6-32-17-10-28-19-16(30-17)4-5-27-20(19)29-13-7-14(18(25)15(24)8-13)22(11-23)9-12(2)33-21(26)31-22/h1,4-5,7-8,10,12H,6,9,11H2,2H3,(H2,26,31)(H,27,29)/t12-,22-/m1/s1. The van der Waals surface area contributed by atoms with Crippen LogP contribution in [0.4, 0.5) is 24.7 Å². The second kappa shape index (κ2) is 9.15. The quantitative estimate of drug-likeness (QED) is 0.522. The minimum atomic E-state index is -1.62. The molecule has 3 N–H and O–H groups in total. The third kappa shape index (κ3) is 4.52. The number of ether oxygens (including phenoxy) is 1. The molecule has 0 unspecified atom stereocenters. The highest BCUT2D eigenvalue weighted by Gasteiger charge is 2.41. The fourth-order valence-corrected chi connectivity index (χ4v) is 4.67. The van der Waals surface area contributed by atoms with Gasteiger partial charge in [-0.25, -0.2) is 33.1 Å². The molecule has 2 atom stereocenters. The summed E-state index contributed by atoms with van der Waals surface area (Å²) in [4.78, 5) is 17.0. The molecule has 11 heteroatoms. The zero-order valence-corrected chi connectivity index (χ0v) is 18.3. The molecule has 33 heavy (non-hydrogen) atoms. The average Bonchev–Trinajstić information content (AvgIpc) is 2.79. The van der Waals surface area contributed by atoms with Gasteiger partial charge in [-0.05, 0) is 18.6 Å². The third-order valence-corrected chi connectivity index (χ3v) is 5.93. The van der Waals surface area contributed by atoms with E-state index in [0.29, 0.717) is 11.0 Å². The Hall–Kier alpha value is -3.52. The van der Waals surface area contributed by atoms with Gasteiger partial charge in [0, 0.05) is 28.8 Å². The van der Waals surface area contributed by atoms with Gasteiger partial charge in [0.25, 0.3) is 0 Å². The summed E-state index contributed by atoms with van der Waals surface area (Å²) in [7, 11) is 0. The smallest absolute Gasteiger partial charge is 0.233 e. The van der Waals surface area contributed by atoms with Gasteiger partial charge < -0.3 is 15.8 Å². The van der Waals surface area contributed by atoms with Crippen LogP contribution in [0.3, 0.4) is 0 Å². The van der Waals surface area contributed by atoms with E-state index in [-0.39, 0.29) is 46.4 Å². The summed E-state index contributed by atoms with van der Waals surface area (Å²) >= 11 is 1.26. The molecule has 4 rings (SSSR count). The fraction of sp³-hybridized carbons (Fsp3) is 0.273. The first-order valence-corrected chi connectivity index (χ1v) is 10.8. The Bertz CT molecular complexity index is 1280. The number of thioether (sulfide) groups is 1. The molecule has 7 nitrogen and oxygen atoms in total. The summed E-state index contributed by atoms with van der Waals surface area (Å²) in [6.45, 7) is 0.832. The van der Waals surface area contributed by atoms with Crippen LogP contribution in [0.15, 0.2) is 35.6 Å². The molecule has 0 spiro atoms. The largest absolute Gasteiger partial charge is 0.463 e. The van der Waals surface area contributed by atoms with Crippen molar-refractivity contribution in [1.29, 1.82) is 0 Å². The summed E-state index contributed by atoms with van der Waals surface area (Å²) in [5.74, 6) is 0.487. The van der Waals surface area contributed by atoms with Gasteiger partial charge in [-0.2, -0.15) is 0 Å². The van der Waals surface area contributed by atoms with Crippen molar-refractivity contribution in [3.63, 3.8) is 0 Å². The third-order valence-electron chi connectivity index (χ3n) is 5.03. The van der Waals surface area contributed by atoms with Gasteiger partial charge in [0.2, 0.25) is 5.88 Å². The molecule has 3 heterocycles. The summed E-state index contributed by atoms with van der Waals surface area (Å²) in [5, 5.41) is 2.92. The second-order valence-corrected chi connectivity index (χ2v) is 8.88. The van der Waals surface area contributed by atoms with Crippen molar-refractivity contribution < 1.29 is 17.9 Å². The molecule has 0 saturated carbocycles. The molecule has 1 aliphatic heterocycles. The minimum absolute atomic E-state index is 0.0362. The van der Waals surface area contributed by atoms with Gasteiger partial charge in [0.05, 0.1) is 11.7 Å². The number of benzene rings is 1. The number of nitrogens with zero attached hydrogens (tertiary/aromatic N) is 4. The van der Waals surface area contributed by atoms with Crippen LogP contribution in [0.2, 0.25) is 0 Å². The number of hydrogen-bond donors (Lipinski definition) is 2. The Morgan fingerprint density at radius 2 is 2.18 bits per heavy atom. The molecule has 3 aromatic rings. The number of aromatic nitrogens is 3. The SMILES string of the molecule is C#CCOc1cnc2c(Nc3cc(F)c(F)c([C@]4(CF)C[C@@H](C)SC(N)=N4)c3)nccc2n1. The molecule has 0 radical (unpaired) electrons. The number of pyridine rings is 1. The van der Waals surface area contributed by atoms with E-state index >= 15 is 0 Å². The van der Waals surface area contributed by atoms with Crippen molar-refractivity contribution >= 4 is 39.5 Å². The molecule has 1 aliphatic rings. The van der Waals surface area contributed by atoms with E-state index in [1.807, 2.05) is 6.92 Å². The second-order valence-electron chi connectivity index (χ2n) is 7.42. The van der Waals surface area contributed by atoms with E-state index in [0.717, 1.165) is 6.07 Å². The van der Waals surface area contributed by atoms with E-state index < -0.39 is 23.8 Å². The van der Waals surface area contributed by atoms with Gasteiger partial charge in [0.15, 0.2) is 29.2 Å². The molecule has 170 valence electrons. The molecular weight excluding hydrogens is 453 g/mol. The Kier molecular flexibility index (Phi) is 6.29. The van der Waals surface area contributed by atoms with Gasteiger partial charge >= 0.3 is 0 Å². The van der Waals surface area contributed by atoms with Gasteiger partial charge in [0.1, 0.15) is 17.7 Å². The first kappa shape index (κ1) is 22.7. The molecule has 0 fully saturated rings. The number of anilines is 2. The topological polar surface area (TPSA) is 98.3 Å². The molecular formula is C22H19F3N6OS. The number of nitrogens with two attached hydrogens (primary N) is 1. The monoisotopic (exact) mass is 472 g/mol. The Balaban J connectivity index is 1.74. The van der Waals surface area contributed by atoms with Crippen LogP contribution < -0.4 is 15.8 Å². The van der Waals surface area contributed by atoms with Crippen LogP contribution in [0.1, 0.15) is 18.9 Å². The number of amidine groups is 1. The molecule has 0 saturated heterocycles. The van der Waals surface area contributed by atoms with Crippen molar-refractivity contribution in [3.8, 4) is 18.2 Å². The van der Waals surface area contributed by atoms with E-state index in [9.17, 15) is 13.2 Å². The van der Waals surface area contributed by atoms with E-state index in [4.69, 9.17) is 16.9 Å². The highest BCUT2D eigenvalue weighted by molar-refractivity contribution is 8.14. The summed E-state index contributed by atoms with van der Waals surface area (Å²) < 4.78 is 48.9. The maximum atomic E-state index is 14.8. The lowest BCUT2D eigenvalue weighted by molar-refractivity contribution is 0.283. The number of fused-ring (bicyclic) bond motifs is 1. The van der Waals surface area contributed by atoms with Crippen LogP contribution in [0, 0.1) is 24.0 Å². The number of rotatable bonds is 6. The van der Waals surface area contributed by atoms with Crippen molar-refractivity contribution in [2.45, 2.75) is 24.1 Å². The van der Waals surface area contributed by atoms with Crippen molar-refractivity contribution in [3.05, 3.63) is 47.8 Å². The number of halogens is 3. The molecule has 0 bridgehead atoms. The number of hydrogen-bond acceptors (Lipinski definition) is 8. The highest BCUT2D eigenvalue weighted by atomic mass is 32.2. The summed E-state index contributed by atoms with van der Waals surface area (Å²) in [5.41, 5.74) is 4.95. The Labute approximate surface area is 192 Å². The maximum absolute atomic E-state index is 14.8. The molecule has 0 aliphatic carbocycles. The molecule has 2 aromatic heterocycles. The van der Waals surface area contributed by atoms with Crippen molar-refractivity contribution in [2.75, 3.05) is 18.6 Å². The van der Waals surface area contributed by atoms with Crippen LogP contribution in [0.5, 0.6) is 5.88 Å². The van der Waals surface area contributed by atoms with Crippen LogP contribution in [-0.2, 0) is 5.54 Å². The van der Waals surface area contributed by atoms with Crippen molar-refractivity contribution in [1.82, 2.24) is 15.0 Å². The van der Waals surface area contributed by atoms with Crippen LogP contribution in [0.25, 0.3) is 11.0 Å². The van der Waals surface area contributed by atoms with E-state index in [1.165, 1.54) is 30.2 Å². The summed E-state index contributed by atoms with van der Waals surface area (Å²) in [6, 6.07) is 3.89. The lowest BCUT2D eigenvalue weighted by Crippen LogP contribution is -2.37. The molecule has 0 amide bonds. The predicted molar refractivity (Wildman–Crippen MR) is 122 cm³/mol. The van der Waals surface area contributed by atoms with Gasteiger partial charge in [-0.15, -0.1) is 6.42 Å². The Morgan fingerprint density at radius 1 is 1.36 bits per heavy atom. The number of terminal acetylenes is 1. The zero-order valence-electron chi connectivity index (χ0n) is 17.5. The van der Waals surface area contributed by atoms with Crippen LogP contribution >= 0.6 is 11.8 Å². The Morgan fingerprint density at radius 3 is 2.91 bits per heavy atom. The van der Waals surface area contributed by atoms with Gasteiger partial charge in [-0.1, -0.05) is 24.6 Å². The fourth-order valence-electron chi connectivity index (χ4n) is 3.67. The molecule has 1 aromatic carbocycles. The van der Waals surface area contributed by atoms with Crippen LogP contribution in [-0.4, -0.2) is 38.7 Å². The normalized spacial score (nSPS) is 20.2. The predicted octanol–water partition coefficient (Wildman–Crippen LogP) is 4.06. The van der Waals surface area contributed by atoms with Crippen molar-refractivity contribution in [2.24, 2.45) is 10.7 Å². The number of aliphatic imine (C=N–C) groups is 1. The lowest BCUT2D eigenvalue weighted by atomic mass is 9.86. The minimum Gasteiger partial charge on any atom is -0.463 e. The first-order valence-electron chi connectivity index (χ1n) is 9.87. The van der Waals surface area contributed by atoms with Gasteiger partial charge in [-0.3, -0.25) is 0 Å². The maximum Gasteiger partial charge on any atom is 0.233 e. The number of nitrogens with one attached hydrogen (secondary N) is 1. The average molecular weight is 472 g/mol. The van der Waals surface area contributed by atoms with E-state index in [2.05, 4.69) is 31.2 Å². The van der Waals surface area contributed by atoms with E-state index in [1.54, 1.807) is 6.07 Å². The summed E-state index contributed by atoms with van der Waals surface area (Å²) in [6.07, 6.45) is 8.19. The highest BCUT2D eigenvalue weighted by Crippen LogP contribution is 2.42. The number of alkyl halides is 1. The lowest BCUT2D eigenvalue weighted by Gasteiger charge is -2.34. The zero-order chi connectivity index (χ0) is 23.6.